The maximum absolute atomic E-state index is 12.2. The minimum Gasteiger partial charge on any atom is -0.361 e. The lowest BCUT2D eigenvalue weighted by Crippen LogP contribution is -2.53. The first-order valence-corrected chi connectivity index (χ1v) is 9.45. The minimum absolute atomic E-state index is 0.406. The molecule has 2 unspecified atom stereocenters. The predicted octanol–water partition coefficient (Wildman–Crippen LogP) is 2.64. The zero-order valence-corrected chi connectivity index (χ0v) is 16.9. The van der Waals surface area contributed by atoms with Gasteiger partial charge < -0.3 is 20.7 Å². The van der Waals surface area contributed by atoms with Crippen molar-refractivity contribution in [1.82, 2.24) is 5.32 Å². The van der Waals surface area contributed by atoms with Crippen molar-refractivity contribution in [3.63, 3.8) is 0 Å². The summed E-state index contributed by atoms with van der Waals surface area (Å²) < 4.78 is 0. The van der Waals surface area contributed by atoms with Gasteiger partial charge in [0.05, 0.1) is 11.8 Å². The molecule has 1 heterocycles. The molecule has 146 valence electrons. The van der Waals surface area contributed by atoms with Gasteiger partial charge in [-0.25, -0.2) is 0 Å². The van der Waals surface area contributed by atoms with Crippen LogP contribution in [0.4, 0.5) is 5.69 Å². The van der Waals surface area contributed by atoms with Crippen LogP contribution in [-0.2, 0) is 9.59 Å². The number of fused-ring (bicyclic) bond motifs is 1. The average molecular weight is 419 g/mol. The van der Waals surface area contributed by atoms with Crippen LogP contribution >= 0.6 is 23.2 Å². The van der Waals surface area contributed by atoms with Crippen molar-refractivity contribution in [3.05, 3.63) is 63.6 Å². The number of amides is 1. The zero-order chi connectivity index (χ0) is 20.4. The first-order chi connectivity index (χ1) is 13.3. The summed E-state index contributed by atoms with van der Waals surface area (Å²) in [5, 5.41) is 3.78. The van der Waals surface area contributed by atoms with Gasteiger partial charge in [0.1, 0.15) is 18.5 Å². The number of nitrogens with two attached hydrogens (primary N) is 1. The topological polar surface area (TPSA) is 87.8 Å². The van der Waals surface area contributed by atoms with E-state index >= 15 is 0 Å². The predicted molar refractivity (Wildman–Crippen MR) is 112 cm³/mol. The third kappa shape index (κ3) is 3.90. The van der Waals surface area contributed by atoms with Crippen molar-refractivity contribution in [2.45, 2.75) is 25.2 Å². The van der Waals surface area contributed by atoms with E-state index in [0.29, 0.717) is 26.9 Å². The number of anilines is 1. The number of halogens is 2. The van der Waals surface area contributed by atoms with Gasteiger partial charge in [-0.3, -0.25) is 9.79 Å². The van der Waals surface area contributed by atoms with Crippen molar-refractivity contribution < 1.29 is 9.59 Å². The molecule has 8 heteroatoms. The van der Waals surface area contributed by atoms with Crippen LogP contribution < -0.4 is 16.0 Å². The number of aliphatic imine (C=N–C) groups is 1. The molecule has 1 aliphatic heterocycles. The van der Waals surface area contributed by atoms with Gasteiger partial charge in [0.25, 0.3) is 0 Å². The van der Waals surface area contributed by atoms with Crippen LogP contribution in [0.5, 0.6) is 0 Å². The maximum Gasteiger partial charge on any atom is 0.238 e. The normalized spacial score (nSPS) is 19.9. The summed E-state index contributed by atoms with van der Waals surface area (Å²) in [5.74, 6) is -0.406. The minimum atomic E-state index is -0.849. The number of hydrogen-bond donors (Lipinski definition) is 2. The fraction of sp³-hybridized carbons (Fsp3) is 0.250. The number of benzene rings is 2. The van der Waals surface area contributed by atoms with Gasteiger partial charge in [-0.1, -0.05) is 41.4 Å². The molecule has 0 saturated carbocycles. The van der Waals surface area contributed by atoms with E-state index in [2.05, 4.69) is 5.32 Å². The third-order valence-electron chi connectivity index (χ3n) is 4.60. The van der Waals surface area contributed by atoms with E-state index in [1.54, 1.807) is 37.1 Å². The summed E-state index contributed by atoms with van der Waals surface area (Å²) >= 11 is 12.7. The number of likely N-dealkylation sites (N-methyl/N-ethyl adjacent to an activating group) is 1. The Morgan fingerprint density at radius 3 is 2.61 bits per heavy atom. The zero-order valence-electron chi connectivity index (χ0n) is 15.4. The van der Waals surface area contributed by atoms with Crippen LogP contribution in [0, 0.1) is 0 Å². The molecule has 0 bridgehead atoms. The highest BCUT2D eigenvalue weighted by atomic mass is 35.5. The number of carbonyl (C=O) groups is 2. The van der Waals surface area contributed by atoms with E-state index in [0.717, 1.165) is 12.0 Å². The van der Waals surface area contributed by atoms with Crippen LogP contribution in [0.2, 0.25) is 10.0 Å². The van der Waals surface area contributed by atoms with Crippen molar-refractivity contribution in [3.8, 4) is 0 Å². The van der Waals surface area contributed by atoms with Crippen molar-refractivity contribution >= 4 is 46.8 Å². The summed E-state index contributed by atoms with van der Waals surface area (Å²) in [4.78, 5) is 30.7. The van der Waals surface area contributed by atoms with Crippen LogP contribution in [-0.4, -0.2) is 43.2 Å². The van der Waals surface area contributed by atoms with Crippen molar-refractivity contribution in [2.24, 2.45) is 10.7 Å². The SMILES string of the molecule is C[C@H](N)C(=O)NC1N=C(c2ccccc2Cl)c2cc(Cl)ccc2N(C)C1C=O. The van der Waals surface area contributed by atoms with E-state index in [4.69, 9.17) is 33.9 Å². The largest absolute Gasteiger partial charge is 0.361 e. The molecule has 28 heavy (non-hydrogen) atoms. The van der Waals surface area contributed by atoms with Crippen molar-refractivity contribution in [2.75, 3.05) is 11.9 Å². The fourth-order valence-corrected chi connectivity index (χ4v) is 3.49. The number of hydrogen-bond acceptors (Lipinski definition) is 5. The van der Waals surface area contributed by atoms with Gasteiger partial charge in [-0.05, 0) is 31.2 Å². The molecule has 3 rings (SSSR count). The highest BCUT2D eigenvalue weighted by molar-refractivity contribution is 6.36. The Morgan fingerprint density at radius 1 is 1.25 bits per heavy atom. The Hall–Kier alpha value is -2.41. The molecule has 1 amide bonds. The van der Waals surface area contributed by atoms with E-state index in [1.165, 1.54) is 0 Å². The van der Waals surface area contributed by atoms with Crippen LogP contribution in [0.1, 0.15) is 18.1 Å². The van der Waals surface area contributed by atoms with Gasteiger partial charge in [-0.2, -0.15) is 0 Å². The van der Waals surface area contributed by atoms with Gasteiger partial charge in [0, 0.05) is 33.9 Å². The Bertz CT molecular complexity index is 946. The first kappa shape index (κ1) is 20.3. The second kappa shape index (κ2) is 8.31. The second-order valence-electron chi connectivity index (χ2n) is 6.60. The lowest BCUT2D eigenvalue weighted by Gasteiger charge is -2.29. The van der Waals surface area contributed by atoms with Crippen LogP contribution in [0.25, 0.3) is 0 Å². The Morgan fingerprint density at radius 2 is 1.96 bits per heavy atom. The van der Waals surface area contributed by atoms with E-state index in [9.17, 15) is 9.59 Å². The molecule has 6 nitrogen and oxygen atoms in total. The van der Waals surface area contributed by atoms with Crippen molar-refractivity contribution in [1.29, 1.82) is 0 Å². The number of rotatable bonds is 4. The number of aldehydes is 1. The average Bonchev–Trinajstić information content (AvgIpc) is 2.76. The number of nitrogens with zero attached hydrogens (tertiary/aromatic N) is 2. The summed E-state index contributed by atoms with van der Waals surface area (Å²) in [6, 6.07) is 11.1. The standard InChI is InChI=1S/C20H20Cl2N4O2/c1-11(23)20(28)25-19-17(10-27)26(2)16-8-7-12(21)9-14(16)18(24-19)13-5-3-4-6-15(13)22/h3-11,17,19H,23H2,1-2H3,(H,25,28)/t11-,17?,19?/m0/s1. The molecule has 2 aromatic rings. The molecule has 2 aromatic carbocycles. The smallest absolute Gasteiger partial charge is 0.238 e. The molecule has 1 aliphatic rings. The number of nitrogens with one attached hydrogen (secondary N) is 1. The molecule has 3 N–H and O–H groups in total. The molecule has 0 spiro atoms. The van der Waals surface area contributed by atoms with E-state index < -0.39 is 24.2 Å². The summed E-state index contributed by atoms with van der Waals surface area (Å²) in [6.07, 6.45) is -0.0951. The Balaban J connectivity index is 2.24. The van der Waals surface area contributed by atoms with Crippen LogP contribution in [0.3, 0.4) is 0 Å². The lowest BCUT2D eigenvalue weighted by atomic mass is 10.00. The quantitative estimate of drug-likeness (QED) is 0.746. The van der Waals surface area contributed by atoms with Crippen LogP contribution in [0.15, 0.2) is 47.5 Å². The maximum atomic E-state index is 12.2. The lowest BCUT2D eigenvalue weighted by molar-refractivity contribution is -0.122. The molecular formula is C20H20Cl2N4O2. The number of benzodiazepines with no additional fused rings is 1. The first-order valence-electron chi connectivity index (χ1n) is 8.70. The molecule has 0 radical (unpaired) electrons. The van der Waals surface area contributed by atoms with Gasteiger partial charge in [0.15, 0.2) is 0 Å². The van der Waals surface area contributed by atoms with E-state index in [-0.39, 0.29) is 0 Å². The Labute approximate surface area is 173 Å². The van der Waals surface area contributed by atoms with Gasteiger partial charge in [-0.15, -0.1) is 0 Å². The Kier molecular flexibility index (Phi) is 6.03. The molecule has 0 fully saturated rings. The molecule has 0 saturated heterocycles. The fourth-order valence-electron chi connectivity index (χ4n) is 3.09. The highest BCUT2D eigenvalue weighted by Crippen LogP contribution is 2.32. The molecule has 0 aromatic heterocycles. The van der Waals surface area contributed by atoms with Gasteiger partial charge >= 0.3 is 0 Å². The molecule has 3 atom stereocenters. The highest BCUT2D eigenvalue weighted by Gasteiger charge is 2.33. The summed E-state index contributed by atoms with van der Waals surface area (Å²) in [6.45, 7) is 1.57. The summed E-state index contributed by atoms with van der Waals surface area (Å²) in [7, 11) is 1.77. The second-order valence-corrected chi connectivity index (χ2v) is 7.44. The summed E-state index contributed by atoms with van der Waals surface area (Å²) in [5.41, 5.74) is 8.36. The molecular weight excluding hydrogens is 399 g/mol. The third-order valence-corrected chi connectivity index (χ3v) is 5.17. The van der Waals surface area contributed by atoms with E-state index in [1.807, 2.05) is 24.3 Å². The molecule has 0 aliphatic carbocycles. The van der Waals surface area contributed by atoms with Gasteiger partial charge in [0.2, 0.25) is 5.91 Å². The monoisotopic (exact) mass is 418 g/mol. The number of carbonyl (C=O) groups excluding carboxylic acids is 2.